The zero-order valence-corrected chi connectivity index (χ0v) is 10.2. The molecule has 1 aliphatic rings. The normalized spacial score (nSPS) is 31.9. The van der Waals surface area contributed by atoms with E-state index >= 15 is 0 Å². The molecule has 0 saturated carbocycles. The van der Waals surface area contributed by atoms with Crippen molar-refractivity contribution in [2.45, 2.75) is 30.7 Å². The summed E-state index contributed by atoms with van der Waals surface area (Å²) in [5.74, 6) is -0.586. The highest BCUT2D eigenvalue weighted by molar-refractivity contribution is 5.30. The second-order valence-corrected chi connectivity index (χ2v) is 4.90. The van der Waals surface area contributed by atoms with Gasteiger partial charge in [-0.25, -0.2) is 8.78 Å². The van der Waals surface area contributed by atoms with E-state index in [0.717, 1.165) is 0 Å². The molecule has 0 amide bonds. The molecule has 1 saturated heterocycles. The Morgan fingerprint density at radius 3 is 2.78 bits per heavy atom. The number of aliphatic hydroxyl groups is 1. The molecule has 5 heteroatoms. The summed E-state index contributed by atoms with van der Waals surface area (Å²) in [4.78, 5) is 0. The van der Waals surface area contributed by atoms with Crippen LogP contribution in [0.1, 0.15) is 18.9 Å². The Balaban J connectivity index is 2.44. The first-order chi connectivity index (χ1) is 8.39. The Labute approximate surface area is 105 Å². The van der Waals surface area contributed by atoms with Crippen LogP contribution in [0.2, 0.25) is 0 Å². The van der Waals surface area contributed by atoms with Crippen molar-refractivity contribution in [3.05, 3.63) is 35.6 Å². The van der Waals surface area contributed by atoms with Gasteiger partial charge in [-0.05, 0) is 19.4 Å². The maximum absolute atomic E-state index is 14.9. The minimum absolute atomic E-state index is 0.0389. The first-order valence-corrected chi connectivity index (χ1v) is 5.88. The Kier molecular flexibility index (Phi) is 3.40. The van der Waals surface area contributed by atoms with Crippen molar-refractivity contribution in [2.24, 2.45) is 5.73 Å². The smallest absolute Gasteiger partial charge is 0.181 e. The molecule has 0 radical (unpaired) electrons. The standard InChI is InChI=1S/C13H17F2NO2/c1-12(16,9-4-2-3-5-10(9)14)13(15)8-18-7-6-11(13)17/h2-5,11,17H,6-8,16H2,1H3/t11?,12-,13?/m1/s1. The number of halogens is 2. The number of rotatable bonds is 2. The van der Waals surface area contributed by atoms with E-state index in [1.807, 2.05) is 0 Å². The van der Waals surface area contributed by atoms with Gasteiger partial charge in [-0.3, -0.25) is 0 Å². The number of aliphatic hydroxyl groups excluding tert-OH is 1. The highest BCUT2D eigenvalue weighted by Crippen LogP contribution is 2.40. The second kappa shape index (κ2) is 4.57. The number of benzene rings is 1. The number of alkyl halides is 1. The van der Waals surface area contributed by atoms with E-state index in [-0.39, 0.29) is 25.2 Å². The first kappa shape index (κ1) is 13.4. The average molecular weight is 257 g/mol. The van der Waals surface area contributed by atoms with Crippen LogP contribution in [-0.4, -0.2) is 30.1 Å². The Morgan fingerprint density at radius 2 is 2.17 bits per heavy atom. The molecule has 3 nitrogen and oxygen atoms in total. The van der Waals surface area contributed by atoms with Crippen LogP contribution in [-0.2, 0) is 10.3 Å². The molecule has 0 aliphatic carbocycles. The number of ether oxygens (including phenoxy) is 1. The van der Waals surface area contributed by atoms with Gasteiger partial charge in [0.1, 0.15) is 5.82 Å². The quantitative estimate of drug-likeness (QED) is 0.844. The summed E-state index contributed by atoms with van der Waals surface area (Å²) >= 11 is 0. The molecular weight excluding hydrogens is 240 g/mol. The molecule has 1 heterocycles. The third-order valence-corrected chi connectivity index (χ3v) is 3.67. The lowest BCUT2D eigenvalue weighted by molar-refractivity contribution is -0.149. The molecule has 0 aromatic heterocycles. The lowest BCUT2D eigenvalue weighted by Gasteiger charge is -2.45. The molecule has 1 aliphatic heterocycles. The highest BCUT2D eigenvalue weighted by Gasteiger charge is 2.55. The van der Waals surface area contributed by atoms with Crippen LogP contribution in [0.5, 0.6) is 0 Å². The van der Waals surface area contributed by atoms with Crippen molar-refractivity contribution in [3.8, 4) is 0 Å². The van der Waals surface area contributed by atoms with E-state index in [9.17, 15) is 13.9 Å². The van der Waals surface area contributed by atoms with E-state index < -0.39 is 23.1 Å². The van der Waals surface area contributed by atoms with Gasteiger partial charge >= 0.3 is 0 Å². The van der Waals surface area contributed by atoms with Gasteiger partial charge in [0.2, 0.25) is 0 Å². The third-order valence-electron chi connectivity index (χ3n) is 3.67. The van der Waals surface area contributed by atoms with E-state index in [1.54, 1.807) is 6.07 Å². The molecular formula is C13H17F2NO2. The van der Waals surface area contributed by atoms with E-state index in [1.165, 1.54) is 25.1 Å². The lowest BCUT2D eigenvalue weighted by Crippen LogP contribution is -2.64. The SMILES string of the molecule is C[C@@](N)(c1ccccc1F)C1(F)COCCC1O. The van der Waals surface area contributed by atoms with Gasteiger partial charge in [-0.15, -0.1) is 0 Å². The Morgan fingerprint density at radius 1 is 1.50 bits per heavy atom. The molecule has 1 fully saturated rings. The molecule has 0 spiro atoms. The summed E-state index contributed by atoms with van der Waals surface area (Å²) in [5.41, 5.74) is 2.17. The third kappa shape index (κ3) is 1.92. The van der Waals surface area contributed by atoms with E-state index in [4.69, 9.17) is 10.5 Å². The van der Waals surface area contributed by atoms with Crippen molar-refractivity contribution < 1.29 is 18.6 Å². The average Bonchev–Trinajstić information content (AvgIpc) is 2.33. The number of nitrogens with two attached hydrogens (primary N) is 1. The van der Waals surface area contributed by atoms with Gasteiger partial charge in [0.25, 0.3) is 0 Å². The molecule has 1 aromatic rings. The summed E-state index contributed by atoms with van der Waals surface area (Å²) in [6.45, 7) is 1.32. The van der Waals surface area contributed by atoms with Gasteiger partial charge in [-0.2, -0.15) is 0 Å². The Hall–Kier alpha value is -1.04. The van der Waals surface area contributed by atoms with Crippen LogP contribution in [0.3, 0.4) is 0 Å². The lowest BCUT2D eigenvalue weighted by atomic mass is 9.73. The number of hydrogen-bond donors (Lipinski definition) is 2. The topological polar surface area (TPSA) is 55.5 Å². The van der Waals surface area contributed by atoms with Crippen LogP contribution in [0, 0.1) is 5.82 Å². The molecule has 2 rings (SSSR count). The number of hydrogen-bond acceptors (Lipinski definition) is 3. The van der Waals surface area contributed by atoms with Gasteiger partial charge in [0.15, 0.2) is 5.67 Å². The van der Waals surface area contributed by atoms with Crippen molar-refractivity contribution in [3.63, 3.8) is 0 Å². The minimum Gasteiger partial charge on any atom is -0.390 e. The van der Waals surface area contributed by atoms with Gasteiger partial charge in [0.05, 0.1) is 18.2 Å². The van der Waals surface area contributed by atoms with Crippen LogP contribution in [0.15, 0.2) is 24.3 Å². The summed E-state index contributed by atoms with van der Waals surface area (Å²) < 4.78 is 33.8. The highest BCUT2D eigenvalue weighted by atomic mass is 19.1. The van der Waals surface area contributed by atoms with E-state index in [2.05, 4.69) is 0 Å². The largest absolute Gasteiger partial charge is 0.390 e. The first-order valence-electron chi connectivity index (χ1n) is 5.88. The molecule has 18 heavy (non-hydrogen) atoms. The molecule has 3 atom stereocenters. The molecule has 3 N–H and O–H groups in total. The van der Waals surface area contributed by atoms with Crippen molar-refractivity contribution >= 4 is 0 Å². The summed E-state index contributed by atoms with van der Waals surface area (Å²) in [5, 5.41) is 9.86. The summed E-state index contributed by atoms with van der Waals surface area (Å²) in [6.07, 6.45) is -1.11. The zero-order valence-electron chi connectivity index (χ0n) is 10.2. The van der Waals surface area contributed by atoms with Crippen LogP contribution >= 0.6 is 0 Å². The van der Waals surface area contributed by atoms with Crippen LogP contribution in [0.4, 0.5) is 8.78 Å². The fraction of sp³-hybridized carbons (Fsp3) is 0.538. The molecule has 100 valence electrons. The maximum Gasteiger partial charge on any atom is 0.181 e. The van der Waals surface area contributed by atoms with Gasteiger partial charge < -0.3 is 15.6 Å². The molecule has 0 bridgehead atoms. The van der Waals surface area contributed by atoms with Crippen molar-refractivity contribution in [2.75, 3.05) is 13.2 Å². The van der Waals surface area contributed by atoms with Crippen molar-refractivity contribution in [1.29, 1.82) is 0 Å². The maximum atomic E-state index is 14.9. The fourth-order valence-electron chi connectivity index (χ4n) is 2.34. The summed E-state index contributed by atoms with van der Waals surface area (Å²) in [6, 6.07) is 5.74. The second-order valence-electron chi connectivity index (χ2n) is 4.90. The molecule has 1 aromatic carbocycles. The van der Waals surface area contributed by atoms with Crippen LogP contribution < -0.4 is 5.73 Å². The predicted molar refractivity (Wildman–Crippen MR) is 63.2 cm³/mol. The fourth-order valence-corrected chi connectivity index (χ4v) is 2.34. The monoisotopic (exact) mass is 257 g/mol. The van der Waals surface area contributed by atoms with Crippen molar-refractivity contribution in [1.82, 2.24) is 0 Å². The predicted octanol–water partition coefficient (Wildman–Crippen LogP) is 1.49. The van der Waals surface area contributed by atoms with Gasteiger partial charge in [0, 0.05) is 12.2 Å². The zero-order chi connectivity index (χ0) is 13.4. The Bertz CT molecular complexity index is 439. The summed E-state index contributed by atoms with van der Waals surface area (Å²) in [7, 11) is 0. The minimum atomic E-state index is -2.20. The van der Waals surface area contributed by atoms with Crippen LogP contribution in [0.25, 0.3) is 0 Å². The van der Waals surface area contributed by atoms with E-state index in [0.29, 0.717) is 0 Å². The van der Waals surface area contributed by atoms with Gasteiger partial charge in [-0.1, -0.05) is 18.2 Å². The molecule has 2 unspecified atom stereocenters.